The lowest BCUT2D eigenvalue weighted by Crippen LogP contribution is -2.43. The van der Waals surface area contributed by atoms with Gasteiger partial charge in [0.1, 0.15) is 11.5 Å². The van der Waals surface area contributed by atoms with E-state index in [-0.39, 0.29) is 5.91 Å². The lowest BCUT2D eigenvalue weighted by atomic mass is 9.95. The molecule has 1 aliphatic carbocycles. The highest BCUT2D eigenvalue weighted by molar-refractivity contribution is 5.81. The summed E-state index contributed by atoms with van der Waals surface area (Å²) in [6.07, 6.45) is 5.38. The number of methoxy groups -OCH3 is 1. The second-order valence-corrected chi connectivity index (χ2v) is 5.28. The normalized spacial score (nSPS) is 17.3. The summed E-state index contributed by atoms with van der Waals surface area (Å²) in [5.74, 6) is 1.42. The topological polar surface area (TPSA) is 47.6 Å². The van der Waals surface area contributed by atoms with Crippen LogP contribution in [0.25, 0.3) is 0 Å². The molecule has 0 bridgehead atoms. The van der Waals surface area contributed by atoms with Gasteiger partial charge in [0.25, 0.3) is 5.91 Å². The summed E-state index contributed by atoms with van der Waals surface area (Å²) in [5.41, 5.74) is 0. The fourth-order valence-corrected chi connectivity index (χ4v) is 2.48. The molecule has 1 aromatic rings. The number of hydrogen-bond acceptors (Lipinski definition) is 3. The van der Waals surface area contributed by atoms with Crippen LogP contribution in [0.2, 0.25) is 0 Å². The van der Waals surface area contributed by atoms with Crippen LogP contribution in [0.5, 0.6) is 11.5 Å². The van der Waals surface area contributed by atoms with Crippen LogP contribution in [0.1, 0.15) is 39.0 Å². The molecule has 1 aliphatic rings. The van der Waals surface area contributed by atoms with E-state index < -0.39 is 6.10 Å². The second kappa shape index (κ2) is 7.17. The summed E-state index contributed by atoms with van der Waals surface area (Å²) in [7, 11) is 1.62. The maximum Gasteiger partial charge on any atom is 0.260 e. The van der Waals surface area contributed by atoms with Crippen molar-refractivity contribution in [2.75, 3.05) is 7.11 Å². The predicted octanol–water partition coefficient (Wildman–Crippen LogP) is 2.91. The van der Waals surface area contributed by atoms with Crippen LogP contribution in [0.3, 0.4) is 0 Å². The summed E-state index contributed by atoms with van der Waals surface area (Å²) in [6, 6.07) is 7.58. The summed E-state index contributed by atoms with van der Waals surface area (Å²) < 4.78 is 10.7. The molecular formula is C16H23NO3. The maximum absolute atomic E-state index is 12.1. The van der Waals surface area contributed by atoms with Gasteiger partial charge in [-0.25, -0.2) is 0 Å². The van der Waals surface area contributed by atoms with E-state index in [1.165, 1.54) is 19.3 Å². The Hall–Kier alpha value is -1.71. The Bertz CT molecular complexity index is 424. The third-order valence-electron chi connectivity index (χ3n) is 3.69. The van der Waals surface area contributed by atoms with Crippen LogP contribution in [-0.4, -0.2) is 25.2 Å². The van der Waals surface area contributed by atoms with Crippen molar-refractivity contribution in [2.24, 2.45) is 0 Å². The van der Waals surface area contributed by atoms with Crippen LogP contribution < -0.4 is 14.8 Å². The molecule has 1 saturated carbocycles. The number of carbonyl (C=O) groups excluding carboxylic acids is 1. The first-order valence-corrected chi connectivity index (χ1v) is 7.30. The van der Waals surface area contributed by atoms with E-state index in [0.717, 1.165) is 18.6 Å². The minimum Gasteiger partial charge on any atom is -0.497 e. The third-order valence-corrected chi connectivity index (χ3v) is 3.69. The van der Waals surface area contributed by atoms with Crippen molar-refractivity contribution >= 4 is 5.91 Å². The molecule has 1 unspecified atom stereocenters. The minimum absolute atomic E-state index is 0.0345. The number of rotatable bonds is 5. The molecule has 20 heavy (non-hydrogen) atoms. The van der Waals surface area contributed by atoms with Crippen LogP contribution in [0, 0.1) is 0 Å². The Kier molecular flexibility index (Phi) is 5.27. The summed E-state index contributed by atoms with van der Waals surface area (Å²) in [6.45, 7) is 1.78. The van der Waals surface area contributed by atoms with Gasteiger partial charge in [-0.1, -0.05) is 19.3 Å². The predicted molar refractivity (Wildman–Crippen MR) is 78.1 cm³/mol. The van der Waals surface area contributed by atoms with Gasteiger partial charge in [-0.2, -0.15) is 0 Å². The number of amides is 1. The number of hydrogen-bond donors (Lipinski definition) is 1. The van der Waals surface area contributed by atoms with E-state index in [1.54, 1.807) is 14.0 Å². The van der Waals surface area contributed by atoms with Crippen LogP contribution in [-0.2, 0) is 4.79 Å². The molecule has 0 aliphatic heterocycles. The smallest absolute Gasteiger partial charge is 0.260 e. The van der Waals surface area contributed by atoms with Crippen molar-refractivity contribution in [2.45, 2.75) is 51.2 Å². The molecule has 0 aromatic heterocycles. The van der Waals surface area contributed by atoms with Gasteiger partial charge in [0.15, 0.2) is 6.10 Å². The number of benzene rings is 1. The van der Waals surface area contributed by atoms with Gasteiger partial charge < -0.3 is 14.8 Å². The molecule has 1 atom stereocenters. The van der Waals surface area contributed by atoms with E-state index in [0.29, 0.717) is 11.8 Å². The Morgan fingerprint density at radius 3 is 2.35 bits per heavy atom. The van der Waals surface area contributed by atoms with Gasteiger partial charge >= 0.3 is 0 Å². The van der Waals surface area contributed by atoms with E-state index in [4.69, 9.17) is 9.47 Å². The molecule has 1 N–H and O–H groups in total. The first kappa shape index (κ1) is 14.7. The van der Waals surface area contributed by atoms with E-state index >= 15 is 0 Å². The van der Waals surface area contributed by atoms with Crippen molar-refractivity contribution in [1.29, 1.82) is 0 Å². The van der Waals surface area contributed by atoms with Crippen molar-refractivity contribution in [3.63, 3.8) is 0 Å². The highest BCUT2D eigenvalue weighted by Gasteiger charge is 2.20. The molecular weight excluding hydrogens is 254 g/mol. The zero-order valence-electron chi connectivity index (χ0n) is 12.2. The molecule has 0 radical (unpaired) electrons. The van der Waals surface area contributed by atoms with Crippen molar-refractivity contribution < 1.29 is 14.3 Å². The summed E-state index contributed by atoms with van der Waals surface area (Å²) in [4.78, 5) is 12.1. The van der Waals surface area contributed by atoms with E-state index in [9.17, 15) is 4.79 Å². The van der Waals surface area contributed by atoms with Gasteiger partial charge in [-0.05, 0) is 44.0 Å². The Labute approximate surface area is 120 Å². The molecule has 0 saturated heterocycles. The maximum atomic E-state index is 12.1. The third kappa shape index (κ3) is 4.15. The molecule has 110 valence electrons. The van der Waals surface area contributed by atoms with Crippen LogP contribution in [0.4, 0.5) is 0 Å². The summed E-state index contributed by atoms with van der Waals surface area (Å²) >= 11 is 0. The second-order valence-electron chi connectivity index (χ2n) is 5.28. The molecule has 1 amide bonds. The number of carbonyl (C=O) groups is 1. The Morgan fingerprint density at radius 2 is 1.75 bits per heavy atom. The SMILES string of the molecule is COc1ccc(OC(C)C(=O)NC2CCCCC2)cc1. The molecule has 4 nitrogen and oxygen atoms in total. The molecule has 0 heterocycles. The quantitative estimate of drug-likeness (QED) is 0.900. The minimum atomic E-state index is -0.481. The molecule has 2 rings (SSSR count). The van der Waals surface area contributed by atoms with Gasteiger partial charge in [-0.3, -0.25) is 4.79 Å². The zero-order valence-corrected chi connectivity index (χ0v) is 12.2. The fourth-order valence-electron chi connectivity index (χ4n) is 2.48. The van der Waals surface area contributed by atoms with Gasteiger partial charge in [0.05, 0.1) is 7.11 Å². The highest BCUT2D eigenvalue weighted by atomic mass is 16.5. The largest absolute Gasteiger partial charge is 0.497 e. The Morgan fingerprint density at radius 1 is 1.15 bits per heavy atom. The Balaban J connectivity index is 1.83. The standard InChI is InChI=1S/C16H23NO3/c1-12(16(18)17-13-6-4-3-5-7-13)20-15-10-8-14(19-2)9-11-15/h8-13H,3-7H2,1-2H3,(H,17,18). The first-order chi connectivity index (χ1) is 9.69. The fraction of sp³-hybridized carbons (Fsp3) is 0.562. The van der Waals surface area contributed by atoms with Gasteiger partial charge in [-0.15, -0.1) is 0 Å². The average molecular weight is 277 g/mol. The zero-order chi connectivity index (χ0) is 14.4. The van der Waals surface area contributed by atoms with Gasteiger partial charge in [0, 0.05) is 6.04 Å². The molecule has 0 spiro atoms. The van der Waals surface area contributed by atoms with Crippen molar-refractivity contribution in [3.8, 4) is 11.5 Å². The lowest BCUT2D eigenvalue weighted by Gasteiger charge is -2.24. The van der Waals surface area contributed by atoms with Crippen molar-refractivity contribution in [3.05, 3.63) is 24.3 Å². The van der Waals surface area contributed by atoms with E-state index in [1.807, 2.05) is 24.3 Å². The molecule has 1 fully saturated rings. The van der Waals surface area contributed by atoms with Crippen molar-refractivity contribution in [1.82, 2.24) is 5.32 Å². The highest BCUT2D eigenvalue weighted by Crippen LogP contribution is 2.19. The molecule has 1 aromatic carbocycles. The lowest BCUT2D eigenvalue weighted by molar-refractivity contribution is -0.128. The first-order valence-electron chi connectivity index (χ1n) is 7.30. The van der Waals surface area contributed by atoms with Crippen LogP contribution in [0.15, 0.2) is 24.3 Å². The van der Waals surface area contributed by atoms with Crippen LogP contribution >= 0.6 is 0 Å². The monoisotopic (exact) mass is 277 g/mol. The number of nitrogens with one attached hydrogen (secondary N) is 1. The summed E-state index contributed by atoms with van der Waals surface area (Å²) in [5, 5.41) is 3.07. The molecule has 4 heteroatoms. The van der Waals surface area contributed by atoms with E-state index in [2.05, 4.69) is 5.32 Å². The average Bonchev–Trinajstić information content (AvgIpc) is 2.49. The van der Waals surface area contributed by atoms with Gasteiger partial charge in [0.2, 0.25) is 0 Å². The number of ether oxygens (including phenoxy) is 2.